The van der Waals surface area contributed by atoms with Crippen LogP contribution in [0.1, 0.15) is 59.9 Å². The number of nitrogens with zero attached hydrogens (tertiary/aromatic N) is 6. The summed E-state index contributed by atoms with van der Waals surface area (Å²) in [6.45, 7) is 27.5. The molecule has 0 radical (unpaired) electrons. The van der Waals surface area contributed by atoms with Crippen LogP contribution in [0.15, 0.2) is 24.3 Å². The molecule has 2 heterocycles. The highest BCUT2D eigenvalue weighted by atomic mass is 16.7. The lowest BCUT2D eigenvalue weighted by molar-refractivity contribution is 0.00578. The lowest BCUT2D eigenvalue weighted by atomic mass is 9.79. The van der Waals surface area contributed by atoms with Crippen LogP contribution in [0.3, 0.4) is 0 Å². The maximum absolute atomic E-state index is 6.29. The molecule has 0 unspecified atom stereocenters. The van der Waals surface area contributed by atoms with E-state index in [0.29, 0.717) is 6.54 Å². The van der Waals surface area contributed by atoms with Gasteiger partial charge in [0, 0.05) is 72.0 Å². The molecule has 3 rings (SSSR count). The minimum absolute atomic E-state index is 0.327. The van der Waals surface area contributed by atoms with Crippen LogP contribution in [0.25, 0.3) is 0 Å². The van der Waals surface area contributed by atoms with E-state index in [2.05, 4.69) is 115 Å². The van der Waals surface area contributed by atoms with Crippen molar-refractivity contribution in [2.75, 3.05) is 120 Å². The zero-order chi connectivity index (χ0) is 34.2. The van der Waals surface area contributed by atoms with Crippen LogP contribution in [-0.4, -0.2) is 168 Å². The summed E-state index contributed by atoms with van der Waals surface area (Å²) >= 11 is 0. The molecule has 3 N–H and O–H groups in total. The van der Waals surface area contributed by atoms with Crippen molar-refractivity contribution in [3.05, 3.63) is 29.8 Å². The molecule has 2 saturated heterocycles. The van der Waals surface area contributed by atoms with E-state index in [4.69, 9.17) is 15.0 Å². The summed E-state index contributed by atoms with van der Waals surface area (Å²) in [4.78, 5) is 15.0. The van der Waals surface area contributed by atoms with E-state index in [1.807, 2.05) is 13.8 Å². The second-order valence-corrected chi connectivity index (χ2v) is 14.3. The Bertz CT molecular complexity index is 922. The lowest BCUT2D eigenvalue weighted by Gasteiger charge is -2.33. The highest BCUT2D eigenvalue weighted by Crippen LogP contribution is 2.36. The van der Waals surface area contributed by atoms with E-state index in [0.717, 1.165) is 97.3 Å². The molecule has 2 fully saturated rings. The molecular formula is C35H71BN8O2. The van der Waals surface area contributed by atoms with E-state index < -0.39 is 0 Å². The molecule has 46 heavy (non-hydrogen) atoms. The number of rotatable bonds is 11. The number of nitrogens with one attached hydrogen (secondary N) is 1. The zero-order valence-electron chi connectivity index (χ0n) is 31.5. The molecule has 0 saturated carbocycles. The van der Waals surface area contributed by atoms with Crippen molar-refractivity contribution in [3.8, 4) is 0 Å². The molecule has 0 bridgehead atoms. The van der Waals surface area contributed by atoms with Crippen LogP contribution in [0.4, 0.5) is 0 Å². The van der Waals surface area contributed by atoms with Gasteiger partial charge >= 0.3 is 7.12 Å². The van der Waals surface area contributed by atoms with Crippen LogP contribution < -0.4 is 16.5 Å². The molecule has 1 aromatic rings. The van der Waals surface area contributed by atoms with Crippen molar-refractivity contribution in [2.24, 2.45) is 5.73 Å². The third-order valence-corrected chi connectivity index (χ3v) is 9.49. The standard InChI is InChI=1S/C33H65BN8O2.C2H6/c1-32(2)33(3,4)44-34(43-32)31-13-11-30(12-14-31)27-41(23-21-37(5)19-15-35)25-26-42-24-22-38(6)20-17-36-16-9-10-18-39(7)28-40(8)29-42;1-2/h11-14,36H,9-10,15-29,35H2,1-8H3;1-2H3. The molecule has 266 valence electrons. The highest BCUT2D eigenvalue weighted by Gasteiger charge is 2.51. The van der Waals surface area contributed by atoms with Crippen LogP contribution in [0, 0.1) is 0 Å². The Labute approximate surface area is 284 Å². The average molecular weight is 647 g/mol. The quantitative estimate of drug-likeness (QED) is 0.350. The van der Waals surface area contributed by atoms with Crippen LogP contribution in [-0.2, 0) is 15.9 Å². The van der Waals surface area contributed by atoms with Crippen molar-refractivity contribution < 1.29 is 9.31 Å². The summed E-state index contributed by atoms with van der Waals surface area (Å²) in [5.41, 5.74) is 7.57. The third kappa shape index (κ3) is 14.6. The summed E-state index contributed by atoms with van der Waals surface area (Å²) in [6.07, 6.45) is 2.48. The fourth-order valence-corrected chi connectivity index (χ4v) is 5.79. The predicted molar refractivity (Wildman–Crippen MR) is 197 cm³/mol. The normalized spacial score (nSPS) is 21.6. The number of nitrogens with two attached hydrogens (primary N) is 1. The minimum atomic E-state index is -0.335. The maximum atomic E-state index is 6.29. The Morgan fingerprint density at radius 3 is 2.11 bits per heavy atom. The molecule has 0 atom stereocenters. The van der Waals surface area contributed by atoms with E-state index in [1.165, 1.54) is 18.4 Å². The smallest absolute Gasteiger partial charge is 0.399 e. The van der Waals surface area contributed by atoms with Gasteiger partial charge in [-0.05, 0) is 92.8 Å². The van der Waals surface area contributed by atoms with E-state index >= 15 is 0 Å². The van der Waals surface area contributed by atoms with E-state index in [-0.39, 0.29) is 18.3 Å². The predicted octanol–water partition coefficient (Wildman–Crippen LogP) is 2.10. The van der Waals surface area contributed by atoms with Gasteiger partial charge in [-0.2, -0.15) is 0 Å². The number of hydrogen-bond acceptors (Lipinski definition) is 10. The summed E-state index contributed by atoms with van der Waals surface area (Å²) in [7, 11) is 8.60. The van der Waals surface area contributed by atoms with E-state index in [1.54, 1.807) is 0 Å². The maximum Gasteiger partial charge on any atom is 0.494 e. The van der Waals surface area contributed by atoms with Gasteiger partial charge in [0.1, 0.15) is 0 Å². The van der Waals surface area contributed by atoms with Crippen molar-refractivity contribution in [2.45, 2.75) is 72.1 Å². The van der Waals surface area contributed by atoms with Gasteiger partial charge < -0.3 is 30.2 Å². The van der Waals surface area contributed by atoms with Crippen LogP contribution >= 0.6 is 0 Å². The highest BCUT2D eigenvalue weighted by molar-refractivity contribution is 6.62. The second kappa shape index (κ2) is 21.1. The summed E-state index contributed by atoms with van der Waals surface area (Å²) in [6, 6.07) is 8.84. The van der Waals surface area contributed by atoms with E-state index in [9.17, 15) is 0 Å². The Morgan fingerprint density at radius 1 is 0.783 bits per heavy atom. The topological polar surface area (TPSA) is 76.0 Å². The molecule has 1 aromatic carbocycles. The van der Waals surface area contributed by atoms with Crippen LogP contribution in [0.2, 0.25) is 0 Å². The molecule has 0 spiro atoms. The van der Waals surface area contributed by atoms with Crippen LogP contribution in [0.5, 0.6) is 0 Å². The van der Waals surface area contributed by atoms with Gasteiger partial charge in [-0.25, -0.2) is 0 Å². The monoisotopic (exact) mass is 647 g/mol. The van der Waals surface area contributed by atoms with Crippen molar-refractivity contribution >= 4 is 12.6 Å². The van der Waals surface area contributed by atoms with Gasteiger partial charge in [0.05, 0.1) is 24.5 Å². The van der Waals surface area contributed by atoms with Crippen molar-refractivity contribution in [3.63, 3.8) is 0 Å². The SMILES string of the molecule is CC.CN(CCN)CCN(CCN1CCN(C)CCNCCCCN(C)CN(C)C1)Cc1ccc(B2OC(C)(C)C(C)(C)O2)cc1. The summed E-state index contributed by atoms with van der Waals surface area (Å²) < 4.78 is 12.6. The fraction of sp³-hybridized carbons (Fsp3) is 0.829. The summed E-state index contributed by atoms with van der Waals surface area (Å²) in [5.74, 6) is 0. The molecule has 2 aliphatic heterocycles. The number of benzene rings is 1. The minimum Gasteiger partial charge on any atom is -0.399 e. The average Bonchev–Trinajstić information content (AvgIpc) is 3.23. The first-order valence-electron chi connectivity index (χ1n) is 17.9. The molecule has 10 nitrogen and oxygen atoms in total. The van der Waals surface area contributed by atoms with Gasteiger partial charge in [-0.1, -0.05) is 38.1 Å². The first kappa shape index (κ1) is 41.1. The fourth-order valence-electron chi connectivity index (χ4n) is 5.79. The Hall–Kier alpha value is -1.12. The first-order chi connectivity index (χ1) is 21.9. The second-order valence-electron chi connectivity index (χ2n) is 14.3. The molecule has 11 heteroatoms. The Kier molecular flexibility index (Phi) is 18.8. The lowest BCUT2D eigenvalue weighted by Crippen LogP contribution is -2.46. The van der Waals surface area contributed by atoms with Gasteiger partial charge in [-0.15, -0.1) is 0 Å². The molecule has 2 aliphatic rings. The molecular weight excluding hydrogens is 575 g/mol. The summed E-state index contributed by atoms with van der Waals surface area (Å²) in [5, 5.41) is 3.63. The van der Waals surface area contributed by atoms with Gasteiger partial charge in [0.15, 0.2) is 0 Å². The zero-order valence-corrected chi connectivity index (χ0v) is 31.5. The Balaban J connectivity index is 0.00000361. The molecule has 0 aliphatic carbocycles. The number of hydrogen-bond donors (Lipinski definition) is 2. The third-order valence-electron chi connectivity index (χ3n) is 9.49. The van der Waals surface area contributed by atoms with Crippen molar-refractivity contribution in [1.29, 1.82) is 0 Å². The largest absolute Gasteiger partial charge is 0.494 e. The molecule has 0 aromatic heterocycles. The van der Waals surface area contributed by atoms with Crippen molar-refractivity contribution in [1.82, 2.24) is 34.7 Å². The molecule has 0 amide bonds. The number of likely N-dealkylation sites (N-methyl/N-ethyl adjacent to an activating group) is 2. The van der Waals surface area contributed by atoms with Gasteiger partial charge in [-0.3, -0.25) is 19.6 Å². The van der Waals surface area contributed by atoms with Gasteiger partial charge in [0.2, 0.25) is 0 Å². The Morgan fingerprint density at radius 2 is 1.46 bits per heavy atom. The van der Waals surface area contributed by atoms with Gasteiger partial charge in [0.25, 0.3) is 0 Å². The first-order valence-corrected chi connectivity index (χ1v) is 17.9.